The van der Waals surface area contributed by atoms with Crippen molar-refractivity contribution in [2.24, 2.45) is 17.8 Å². The number of thioether (sulfide) groups is 1. The van der Waals surface area contributed by atoms with Crippen LogP contribution in [-0.2, 0) is 9.59 Å². The van der Waals surface area contributed by atoms with Crippen molar-refractivity contribution in [2.45, 2.75) is 24.3 Å². The Morgan fingerprint density at radius 2 is 1.69 bits per heavy atom. The average Bonchev–Trinajstić information content (AvgIpc) is 2.87. The Kier molecular flexibility index (Phi) is 2.18. The molecular weight excluding hydrogens is 222 g/mol. The van der Waals surface area contributed by atoms with E-state index >= 15 is 0 Å². The van der Waals surface area contributed by atoms with Gasteiger partial charge in [0.05, 0.1) is 11.8 Å². The summed E-state index contributed by atoms with van der Waals surface area (Å²) in [6.07, 6.45) is 4.20. The molecule has 0 spiro atoms. The zero-order chi connectivity index (χ0) is 11.4. The van der Waals surface area contributed by atoms with Crippen LogP contribution in [0.5, 0.6) is 0 Å². The molecule has 0 aromatic heterocycles. The molecule has 3 aliphatic rings. The van der Waals surface area contributed by atoms with Gasteiger partial charge in [-0.25, -0.2) is 0 Å². The van der Waals surface area contributed by atoms with Gasteiger partial charge in [-0.3, -0.25) is 14.5 Å². The molecule has 3 aliphatic heterocycles. The van der Waals surface area contributed by atoms with Gasteiger partial charge in [0.15, 0.2) is 0 Å². The highest BCUT2D eigenvalue weighted by atomic mass is 32.2. The molecule has 3 heterocycles. The first kappa shape index (κ1) is 10.4. The van der Waals surface area contributed by atoms with E-state index in [0.717, 1.165) is 0 Å². The molecule has 2 saturated heterocycles. The summed E-state index contributed by atoms with van der Waals surface area (Å²) < 4.78 is 0. The SMILES string of the molecule is CC(C)CN1C(=O)C2C3C=CC(S3)C2C1=O. The first-order valence-electron chi connectivity index (χ1n) is 5.78. The molecule has 0 saturated carbocycles. The minimum Gasteiger partial charge on any atom is -0.282 e. The van der Waals surface area contributed by atoms with Crippen LogP contribution in [-0.4, -0.2) is 33.8 Å². The van der Waals surface area contributed by atoms with E-state index in [1.165, 1.54) is 4.90 Å². The predicted octanol–water partition coefficient (Wildman–Crippen LogP) is 1.30. The van der Waals surface area contributed by atoms with Crippen LogP contribution in [0.25, 0.3) is 0 Å². The second-order valence-electron chi connectivity index (χ2n) is 5.18. The van der Waals surface area contributed by atoms with Crippen LogP contribution in [0.2, 0.25) is 0 Å². The minimum absolute atomic E-state index is 0.0630. The van der Waals surface area contributed by atoms with E-state index in [9.17, 15) is 9.59 Å². The fraction of sp³-hybridized carbons (Fsp3) is 0.667. The second-order valence-corrected chi connectivity index (χ2v) is 6.54. The molecule has 16 heavy (non-hydrogen) atoms. The van der Waals surface area contributed by atoms with Crippen LogP contribution >= 0.6 is 11.8 Å². The van der Waals surface area contributed by atoms with E-state index < -0.39 is 0 Å². The fourth-order valence-corrected chi connectivity index (χ4v) is 4.55. The first-order chi connectivity index (χ1) is 7.59. The summed E-state index contributed by atoms with van der Waals surface area (Å²) in [5.74, 6) is 0.351. The largest absolute Gasteiger partial charge is 0.282 e. The molecule has 86 valence electrons. The number of likely N-dealkylation sites (tertiary alicyclic amines) is 1. The average molecular weight is 237 g/mol. The maximum Gasteiger partial charge on any atom is 0.234 e. The predicted molar refractivity (Wildman–Crippen MR) is 62.8 cm³/mol. The topological polar surface area (TPSA) is 37.4 Å². The van der Waals surface area contributed by atoms with E-state index in [0.29, 0.717) is 12.5 Å². The number of amides is 2. The van der Waals surface area contributed by atoms with E-state index in [1.807, 2.05) is 13.8 Å². The molecule has 4 unspecified atom stereocenters. The van der Waals surface area contributed by atoms with Crippen molar-refractivity contribution in [3.8, 4) is 0 Å². The van der Waals surface area contributed by atoms with Crippen molar-refractivity contribution >= 4 is 23.6 Å². The number of carbonyl (C=O) groups excluding carboxylic acids is 2. The maximum atomic E-state index is 12.2. The summed E-state index contributed by atoms with van der Waals surface area (Å²) in [5, 5.41) is 0.507. The molecule has 0 N–H and O–H groups in total. The second kappa shape index (κ2) is 3.36. The Morgan fingerprint density at radius 3 is 2.12 bits per heavy atom. The summed E-state index contributed by atoms with van der Waals surface area (Å²) in [6.45, 7) is 4.65. The fourth-order valence-electron chi connectivity index (χ4n) is 2.91. The van der Waals surface area contributed by atoms with Crippen molar-refractivity contribution in [3.63, 3.8) is 0 Å². The molecule has 0 radical (unpaired) electrons. The summed E-state index contributed by atoms with van der Waals surface area (Å²) in [4.78, 5) is 25.9. The Hall–Kier alpha value is -0.770. The Bertz CT molecular complexity index is 360. The molecule has 4 atom stereocenters. The number of carbonyl (C=O) groups is 2. The number of fused-ring (bicyclic) bond motifs is 5. The van der Waals surface area contributed by atoms with Crippen LogP contribution in [0.1, 0.15) is 13.8 Å². The quantitative estimate of drug-likeness (QED) is 0.536. The van der Waals surface area contributed by atoms with Gasteiger partial charge in [-0.05, 0) is 5.92 Å². The third kappa shape index (κ3) is 1.22. The van der Waals surface area contributed by atoms with Gasteiger partial charge in [0.25, 0.3) is 0 Å². The van der Waals surface area contributed by atoms with Gasteiger partial charge in [0.2, 0.25) is 11.8 Å². The van der Waals surface area contributed by atoms with E-state index in [2.05, 4.69) is 12.2 Å². The summed E-state index contributed by atoms with van der Waals surface area (Å²) in [5.41, 5.74) is 0. The first-order valence-corrected chi connectivity index (χ1v) is 6.73. The molecular formula is C12H15NO2S. The number of imide groups is 1. The van der Waals surface area contributed by atoms with Gasteiger partial charge in [0.1, 0.15) is 0 Å². The van der Waals surface area contributed by atoms with Gasteiger partial charge >= 0.3 is 0 Å². The molecule has 2 fully saturated rings. The lowest BCUT2D eigenvalue weighted by atomic mass is 9.85. The Morgan fingerprint density at radius 1 is 1.19 bits per heavy atom. The van der Waals surface area contributed by atoms with E-state index in [-0.39, 0.29) is 34.2 Å². The molecule has 0 aromatic carbocycles. The lowest BCUT2D eigenvalue weighted by Crippen LogP contribution is -2.36. The van der Waals surface area contributed by atoms with Gasteiger partial charge in [-0.2, -0.15) is 0 Å². The minimum atomic E-state index is -0.0637. The third-order valence-electron chi connectivity index (χ3n) is 3.55. The highest BCUT2D eigenvalue weighted by Gasteiger charge is 2.59. The zero-order valence-electron chi connectivity index (χ0n) is 9.42. The maximum absolute atomic E-state index is 12.2. The van der Waals surface area contributed by atoms with Crippen molar-refractivity contribution < 1.29 is 9.59 Å². The van der Waals surface area contributed by atoms with Gasteiger partial charge < -0.3 is 0 Å². The molecule has 2 bridgehead atoms. The zero-order valence-corrected chi connectivity index (χ0v) is 10.2. The third-order valence-corrected chi connectivity index (χ3v) is 5.08. The highest BCUT2D eigenvalue weighted by molar-refractivity contribution is 8.01. The van der Waals surface area contributed by atoms with E-state index in [1.54, 1.807) is 11.8 Å². The summed E-state index contributed by atoms with van der Waals surface area (Å²) >= 11 is 1.77. The number of nitrogens with zero attached hydrogens (tertiary/aromatic N) is 1. The number of rotatable bonds is 2. The standard InChI is InChI=1S/C12H15NO2S/c1-6(2)5-13-11(14)9-7-3-4-8(16-7)10(9)12(13)15/h3-4,6-10H,5H2,1-2H3. The molecule has 2 amide bonds. The van der Waals surface area contributed by atoms with Crippen LogP contribution in [0.3, 0.4) is 0 Å². The van der Waals surface area contributed by atoms with E-state index in [4.69, 9.17) is 0 Å². The van der Waals surface area contributed by atoms with Crippen molar-refractivity contribution in [2.75, 3.05) is 6.54 Å². The van der Waals surface area contributed by atoms with Crippen molar-refractivity contribution in [1.82, 2.24) is 4.90 Å². The Balaban J connectivity index is 1.89. The summed E-state index contributed by atoms with van der Waals surface area (Å²) in [7, 11) is 0. The molecule has 4 heteroatoms. The van der Waals surface area contributed by atoms with Gasteiger partial charge in [-0.1, -0.05) is 26.0 Å². The van der Waals surface area contributed by atoms with Crippen molar-refractivity contribution in [3.05, 3.63) is 12.2 Å². The van der Waals surface area contributed by atoms with Crippen LogP contribution < -0.4 is 0 Å². The lowest BCUT2D eigenvalue weighted by Gasteiger charge is -2.18. The van der Waals surface area contributed by atoms with Crippen molar-refractivity contribution in [1.29, 1.82) is 0 Å². The van der Waals surface area contributed by atoms with Crippen LogP contribution in [0.4, 0.5) is 0 Å². The highest BCUT2D eigenvalue weighted by Crippen LogP contribution is 2.53. The smallest absolute Gasteiger partial charge is 0.234 e. The normalized spacial score (nSPS) is 40.3. The van der Waals surface area contributed by atoms with Crippen LogP contribution in [0.15, 0.2) is 12.2 Å². The molecule has 3 nitrogen and oxygen atoms in total. The molecule has 0 aromatic rings. The lowest BCUT2D eigenvalue weighted by molar-refractivity contribution is -0.140. The number of hydrogen-bond donors (Lipinski definition) is 0. The molecule has 3 rings (SSSR count). The van der Waals surface area contributed by atoms with Gasteiger partial charge in [-0.15, -0.1) is 11.8 Å². The Labute approximate surface area is 99.3 Å². The monoisotopic (exact) mass is 237 g/mol. The summed E-state index contributed by atoms with van der Waals surface area (Å²) in [6, 6.07) is 0. The van der Waals surface area contributed by atoms with Gasteiger partial charge in [0, 0.05) is 17.0 Å². The van der Waals surface area contributed by atoms with Crippen LogP contribution in [0, 0.1) is 17.8 Å². The molecule has 0 aliphatic carbocycles. The number of hydrogen-bond acceptors (Lipinski definition) is 3.